The second kappa shape index (κ2) is 5.65. The topological polar surface area (TPSA) is 43.1 Å². The maximum absolute atomic E-state index is 12.8. The lowest BCUT2D eigenvalue weighted by molar-refractivity contribution is 0.0975. The maximum Gasteiger partial charge on any atom is 0.163 e. The van der Waals surface area contributed by atoms with Crippen LogP contribution in [0.5, 0.6) is 0 Å². The first-order valence-corrected chi connectivity index (χ1v) is 6.20. The highest BCUT2D eigenvalue weighted by atomic mass is 19.1. The van der Waals surface area contributed by atoms with Crippen molar-refractivity contribution in [3.63, 3.8) is 0 Å². The molecule has 3 heteroatoms. The third kappa shape index (κ3) is 3.41. The molecule has 0 heterocycles. The van der Waals surface area contributed by atoms with E-state index in [0.717, 1.165) is 5.56 Å². The lowest BCUT2D eigenvalue weighted by Crippen LogP contribution is -2.05. The van der Waals surface area contributed by atoms with Crippen LogP contribution in [0.25, 0.3) is 0 Å². The molecule has 0 saturated carbocycles. The van der Waals surface area contributed by atoms with Crippen molar-refractivity contribution in [3.8, 4) is 0 Å². The molecule has 0 fully saturated rings. The highest BCUT2D eigenvalue weighted by Crippen LogP contribution is 2.22. The first-order chi connectivity index (χ1) is 9.06. The summed E-state index contributed by atoms with van der Waals surface area (Å²) in [6, 6.07) is 13.2. The summed E-state index contributed by atoms with van der Waals surface area (Å²) in [7, 11) is 0. The first-order valence-electron chi connectivity index (χ1n) is 6.20. The van der Waals surface area contributed by atoms with Crippen LogP contribution in [0.4, 0.5) is 10.1 Å². The van der Waals surface area contributed by atoms with Gasteiger partial charge in [0, 0.05) is 17.7 Å². The molecule has 19 heavy (non-hydrogen) atoms. The molecule has 2 nitrogen and oxygen atoms in total. The van der Waals surface area contributed by atoms with Crippen molar-refractivity contribution in [2.45, 2.75) is 19.3 Å². The van der Waals surface area contributed by atoms with Crippen LogP contribution in [-0.4, -0.2) is 5.78 Å². The van der Waals surface area contributed by atoms with E-state index in [0.29, 0.717) is 17.7 Å². The maximum atomic E-state index is 12.8. The summed E-state index contributed by atoms with van der Waals surface area (Å²) in [5.41, 5.74) is 7.96. The van der Waals surface area contributed by atoms with E-state index >= 15 is 0 Å². The molecule has 0 spiro atoms. The average Bonchev–Trinajstić information content (AvgIpc) is 2.40. The van der Waals surface area contributed by atoms with Gasteiger partial charge < -0.3 is 5.73 Å². The number of halogens is 1. The summed E-state index contributed by atoms with van der Waals surface area (Å²) in [5.74, 6) is -0.203. The Kier molecular flexibility index (Phi) is 3.95. The molecule has 0 aliphatic rings. The molecule has 1 atom stereocenters. The van der Waals surface area contributed by atoms with Gasteiger partial charge in [-0.1, -0.05) is 19.1 Å². The number of carbonyl (C=O) groups is 1. The van der Waals surface area contributed by atoms with Gasteiger partial charge >= 0.3 is 0 Å². The molecule has 0 aromatic heterocycles. The van der Waals surface area contributed by atoms with Crippen LogP contribution in [0.1, 0.15) is 35.2 Å². The minimum absolute atomic E-state index is 0.0179. The van der Waals surface area contributed by atoms with E-state index in [2.05, 4.69) is 0 Å². The smallest absolute Gasteiger partial charge is 0.163 e. The number of anilines is 1. The molecule has 0 radical (unpaired) electrons. The molecule has 0 saturated heterocycles. The minimum Gasteiger partial charge on any atom is -0.399 e. The zero-order valence-electron chi connectivity index (χ0n) is 10.8. The largest absolute Gasteiger partial charge is 0.399 e. The predicted molar refractivity (Wildman–Crippen MR) is 74.6 cm³/mol. The highest BCUT2D eigenvalue weighted by molar-refractivity contribution is 5.96. The van der Waals surface area contributed by atoms with Crippen molar-refractivity contribution < 1.29 is 9.18 Å². The van der Waals surface area contributed by atoms with Crippen molar-refractivity contribution in [1.29, 1.82) is 0 Å². The molecule has 98 valence electrons. The lowest BCUT2D eigenvalue weighted by atomic mass is 9.93. The Bertz CT molecular complexity index is 560. The van der Waals surface area contributed by atoms with Crippen LogP contribution in [-0.2, 0) is 0 Å². The molecule has 0 amide bonds. The average molecular weight is 257 g/mol. The third-order valence-corrected chi connectivity index (χ3v) is 3.16. The van der Waals surface area contributed by atoms with Gasteiger partial charge in [0.1, 0.15) is 5.82 Å². The Morgan fingerprint density at radius 2 is 1.68 bits per heavy atom. The highest BCUT2D eigenvalue weighted by Gasteiger charge is 2.13. The van der Waals surface area contributed by atoms with Gasteiger partial charge in [-0.2, -0.15) is 0 Å². The molecule has 0 aliphatic carbocycles. The zero-order chi connectivity index (χ0) is 13.8. The van der Waals surface area contributed by atoms with Gasteiger partial charge in [-0.25, -0.2) is 4.39 Å². The summed E-state index contributed by atoms with van der Waals surface area (Å²) < 4.78 is 12.8. The van der Waals surface area contributed by atoms with Gasteiger partial charge in [0.2, 0.25) is 0 Å². The van der Waals surface area contributed by atoms with E-state index in [9.17, 15) is 9.18 Å². The fourth-order valence-electron chi connectivity index (χ4n) is 1.97. The quantitative estimate of drug-likeness (QED) is 0.669. The van der Waals surface area contributed by atoms with Gasteiger partial charge in [0.05, 0.1) is 0 Å². The Labute approximate surface area is 112 Å². The summed E-state index contributed by atoms with van der Waals surface area (Å²) in [4.78, 5) is 12.1. The van der Waals surface area contributed by atoms with E-state index in [4.69, 9.17) is 5.73 Å². The minimum atomic E-state index is -0.330. The van der Waals surface area contributed by atoms with E-state index in [1.165, 1.54) is 24.3 Å². The molecule has 2 aromatic rings. The molecule has 0 bridgehead atoms. The standard InChI is InChI=1S/C16H16FNO/c1-11(12-4-8-15(18)9-5-12)10-16(19)13-2-6-14(17)7-3-13/h2-9,11H,10,18H2,1H3. The number of hydrogen-bond donors (Lipinski definition) is 1. The Hall–Kier alpha value is -2.16. The number of ketones is 1. The van der Waals surface area contributed by atoms with E-state index in [1.807, 2.05) is 31.2 Å². The Morgan fingerprint density at radius 3 is 2.26 bits per heavy atom. The number of nitrogens with two attached hydrogens (primary N) is 1. The van der Waals surface area contributed by atoms with Crippen molar-refractivity contribution in [2.24, 2.45) is 0 Å². The second-order valence-corrected chi connectivity index (χ2v) is 4.70. The lowest BCUT2D eigenvalue weighted by Gasteiger charge is -2.11. The number of hydrogen-bond acceptors (Lipinski definition) is 2. The number of benzene rings is 2. The molecular formula is C16H16FNO. The molecule has 2 aromatic carbocycles. The number of rotatable bonds is 4. The summed E-state index contributed by atoms with van der Waals surface area (Å²) in [5, 5.41) is 0. The fourth-order valence-corrected chi connectivity index (χ4v) is 1.97. The summed E-state index contributed by atoms with van der Waals surface area (Å²) in [6.07, 6.45) is 0.398. The summed E-state index contributed by atoms with van der Waals surface area (Å²) in [6.45, 7) is 1.99. The van der Waals surface area contributed by atoms with Crippen molar-refractivity contribution in [2.75, 3.05) is 5.73 Å². The summed E-state index contributed by atoms with van der Waals surface area (Å²) >= 11 is 0. The molecule has 1 unspecified atom stereocenters. The number of Topliss-reactive ketones (excluding diaryl/α,β-unsaturated/α-hetero) is 1. The van der Waals surface area contributed by atoms with Crippen LogP contribution >= 0.6 is 0 Å². The van der Waals surface area contributed by atoms with Crippen LogP contribution in [0.2, 0.25) is 0 Å². The predicted octanol–water partition coefficient (Wildman–Crippen LogP) is 3.78. The fraction of sp³-hybridized carbons (Fsp3) is 0.188. The molecule has 2 rings (SSSR count). The SMILES string of the molecule is CC(CC(=O)c1ccc(F)cc1)c1ccc(N)cc1. The molecular weight excluding hydrogens is 241 g/mol. The van der Waals surface area contributed by atoms with Crippen LogP contribution in [0.3, 0.4) is 0 Å². The molecule has 2 N–H and O–H groups in total. The first kappa shape index (κ1) is 13.3. The number of nitrogen functional groups attached to an aromatic ring is 1. The van der Waals surface area contributed by atoms with Gasteiger partial charge in [-0.15, -0.1) is 0 Å². The van der Waals surface area contributed by atoms with Crippen LogP contribution in [0, 0.1) is 5.82 Å². The van der Waals surface area contributed by atoms with Gasteiger partial charge in [-0.3, -0.25) is 4.79 Å². The van der Waals surface area contributed by atoms with Crippen molar-refractivity contribution >= 4 is 11.5 Å². The molecule has 0 aliphatic heterocycles. The van der Waals surface area contributed by atoms with E-state index in [-0.39, 0.29) is 17.5 Å². The zero-order valence-corrected chi connectivity index (χ0v) is 10.8. The Morgan fingerprint density at radius 1 is 1.11 bits per heavy atom. The van der Waals surface area contributed by atoms with E-state index in [1.54, 1.807) is 0 Å². The van der Waals surface area contributed by atoms with Crippen molar-refractivity contribution in [3.05, 3.63) is 65.5 Å². The normalized spacial score (nSPS) is 12.1. The number of carbonyl (C=O) groups excluding carboxylic acids is 1. The monoisotopic (exact) mass is 257 g/mol. The van der Waals surface area contributed by atoms with Gasteiger partial charge in [0.25, 0.3) is 0 Å². The van der Waals surface area contributed by atoms with Crippen molar-refractivity contribution in [1.82, 2.24) is 0 Å². The van der Waals surface area contributed by atoms with Crippen LogP contribution < -0.4 is 5.73 Å². The van der Waals surface area contributed by atoms with Gasteiger partial charge in [0.15, 0.2) is 5.78 Å². The van der Waals surface area contributed by atoms with E-state index < -0.39 is 0 Å². The van der Waals surface area contributed by atoms with Gasteiger partial charge in [-0.05, 0) is 47.9 Å². The second-order valence-electron chi connectivity index (χ2n) is 4.70. The Balaban J connectivity index is 2.06. The van der Waals surface area contributed by atoms with Crippen LogP contribution in [0.15, 0.2) is 48.5 Å². The third-order valence-electron chi connectivity index (χ3n) is 3.16.